The first-order valence-electron chi connectivity index (χ1n) is 9.88. The van der Waals surface area contributed by atoms with Gasteiger partial charge in [-0.25, -0.2) is 0 Å². The molecule has 1 N–H and O–H groups in total. The number of amides is 1. The van der Waals surface area contributed by atoms with E-state index in [0.717, 1.165) is 30.5 Å². The molecule has 2 aromatic rings. The van der Waals surface area contributed by atoms with Gasteiger partial charge in [0.15, 0.2) is 10.6 Å². The standard InChI is InChI=1S/C22H26N2O3S2/c1-16-7-9-18(10-8-16)19-15-29-22(28)24(19)13-21(26)27-14-20(25)23-12-11-17-5-3-2-4-6-17/h5,7-10,15H,2-4,6,11-14H2,1H3,(H,23,25). The van der Waals surface area contributed by atoms with Gasteiger partial charge < -0.3 is 14.6 Å². The molecule has 7 heteroatoms. The monoisotopic (exact) mass is 430 g/mol. The normalized spacial score (nSPS) is 13.6. The molecule has 0 unspecified atom stereocenters. The van der Waals surface area contributed by atoms with Crippen molar-refractivity contribution in [3.63, 3.8) is 0 Å². The van der Waals surface area contributed by atoms with Crippen molar-refractivity contribution < 1.29 is 14.3 Å². The highest BCUT2D eigenvalue weighted by Crippen LogP contribution is 2.24. The Hall–Kier alpha value is -2.25. The summed E-state index contributed by atoms with van der Waals surface area (Å²) in [6.45, 7) is 2.33. The number of hydrogen-bond donors (Lipinski definition) is 1. The second-order valence-electron chi connectivity index (χ2n) is 7.21. The Kier molecular flexibility index (Phi) is 7.77. The van der Waals surface area contributed by atoms with Gasteiger partial charge in [-0.3, -0.25) is 9.59 Å². The van der Waals surface area contributed by atoms with Crippen molar-refractivity contribution >= 4 is 35.4 Å². The van der Waals surface area contributed by atoms with Crippen LogP contribution in [-0.2, 0) is 20.9 Å². The molecule has 0 spiro atoms. The average Bonchev–Trinajstić information content (AvgIpc) is 3.08. The zero-order valence-electron chi connectivity index (χ0n) is 16.6. The Labute approximate surface area is 180 Å². The van der Waals surface area contributed by atoms with Crippen LogP contribution in [0.2, 0.25) is 0 Å². The number of rotatable bonds is 8. The van der Waals surface area contributed by atoms with Crippen LogP contribution in [0.1, 0.15) is 37.7 Å². The van der Waals surface area contributed by atoms with E-state index in [9.17, 15) is 9.59 Å². The van der Waals surface area contributed by atoms with E-state index >= 15 is 0 Å². The van der Waals surface area contributed by atoms with Crippen LogP contribution >= 0.6 is 23.6 Å². The first kappa shape index (κ1) is 21.5. The van der Waals surface area contributed by atoms with Gasteiger partial charge >= 0.3 is 5.97 Å². The summed E-state index contributed by atoms with van der Waals surface area (Å²) in [6, 6.07) is 8.05. The van der Waals surface area contributed by atoms with Gasteiger partial charge in [0.2, 0.25) is 0 Å². The van der Waals surface area contributed by atoms with E-state index < -0.39 is 5.97 Å². The molecule has 1 aliphatic carbocycles. The Bertz CT molecular complexity index is 942. The highest BCUT2D eigenvalue weighted by Gasteiger charge is 2.13. The zero-order valence-corrected chi connectivity index (χ0v) is 18.2. The van der Waals surface area contributed by atoms with Crippen LogP contribution < -0.4 is 5.32 Å². The number of nitrogens with one attached hydrogen (secondary N) is 1. The summed E-state index contributed by atoms with van der Waals surface area (Å²) in [6.07, 6.45) is 7.88. The van der Waals surface area contributed by atoms with E-state index in [1.54, 1.807) is 4.57 Å². The van der Waals surface area contributed by atoms with Gasteiger partial charge in [-0.05, 0) is 56.8 Å². The fraction of sp³-hybridized carbons (Fsp3) is 0.409. The molecule has 154 valence electrons. The molecule has 1 aromatic carbocycles. The molecule has 0 atom stereocenters. The molecule has 0 bridgehead atoms. The number of hydrogen-bond acceptors (Lipinski definition) is 5. The minimum absolute atomic E-state index is 0.00823. The number of esters is 1. The van der Waals surface area contributed by atoms with Crippen LogP contribution in [0.3, 0.4) is 0 Å². The van der Waals surface area contributed by atoms with Gasteiger partial charge in [-0.2, -0.15) is 0 Å². The number of aromatic nitrogens is 1. The predicted octanol–water partition coefficient (Wildman–Crippen LogP) is 4.80. The van der Waals surface area contributed by atoms with Crippen molar-refractivity contribution in [3.05, 3.63) is 50.8 Å². The maximum atomic E-state index is 12.3. The first-order valence-corrected chi connectivity index (χ1v) is 11.2. The van der Waals surface area contributed by atoms with Gasteiger partial charge in [0.25, 0.3) is 5.91 Å². The molecular weight excluding hydrogens is 404 g/mol. The number of aryl methyl sites for hydroxylation is 1. The van der Waals surface area contributed by atoms with Crippen molar-refractivity contribution in [2.24, 2.45) is 0 Å². The van der Waals surface area contributed by atoms with Gasteiger partial charge in [-0.15, -0.1) is 11.3 Å². The average molecular weight is 431 g/mol. The Morgan fingerprint density at radius 2 is 2.03 bits per heavy atom. The number of benzene rings is 1. The molecule has 1 aromatic heterocycles. The first-order chi connectivity index (χ1) is 14.0. The molecule has 0 saturated carbocycles. The third-order valence-electron chi connectivity index (χ3n) is 4.93. The summed E-state index contributed by atoms with van der Waals surface area (Å²) < 4.78 is 7.51. The lowest BCUT2D eigenvalue weighted by molar-refractivity contribution is -0.149. The van der Waals surface area contributed by atoms with E-state index in [1.807, 2.05) is 36.6 Å². The van der Waals surface area contributed by atoms with Crippen LogP contribution in [0, 0.1) is 10.9 Å². The molecule has 1 heterocycles. The Balaban J connectivity index is 1.47. The van der Waals surface area contributed by atoms with Crippen LogP contribution in [0.25, 0.3) is 11.3 Å². The van der Waals surface area contributed by atoms with Gasteiger partial charge in [-0.1, -0.05) is 41.5 Å². The van der Waals surface area contributed by atoms with Gasteiger partial charge in [0.1, 0.15) is 6.54 Å². The number of carbonyl (C=O) groups excluding carboxylic acids is 2. The van der Waals surface area contributed by atoms with E-state index in [0.29, 0.717) is 10.5 Å². The molecule has 3 rings (SSSR count). The molecule has 0 saturated heterocycles. The summed E-state index contributed by atoms with van der Waals surface area (Å²) in [4.78, 5) is 24.2. The summed E-state index contributed by atoms with van der Waals surface area (Å²) in [7, 11) is 0. The predicted molar refractivity (Wildman–Crippen MR) is 118 cm³/mol. The number of thiazole rings is 1. The van der Waals surface area contributed by atoms with Crippen molar-refractivity contribution in [1.29, 1.82) is 0 Å². The Morgan fingerprint density at radius 3 is 2.76 bits per heavy atom. The van der Waals surface area contributed by atoms with Crippen molar-refractivity contribution in [1.82, 2.24) is 9.88 Å². The fourth-order valence-corrected chi connectivity index (χ4v) is 4.37. The maximum Gasteiger partial charge on any atom is 0.326 e. The van der Waals surface area contributed by atoms with Crippen LogP contribution in [0.4, 0.5) is 0 Å². The summed E-state index contributed by atoms with van der Waals surface area (Å²) >= 11 is 6.77. The molecule has 1 amide bonds. The number of carbonyl (C=O) groups is 2. The SMILES string of the molecule is Cc1ccc(-c2csc(=S)n2CC(=O)OCC(=O)NCCC2=CCCCC2)cc1. The Morgan fingerprint density at radius 1 is 1.24 bits per heavy atom. The lowest BCUT2D eigenvalue weighted by atomic mass is 9.97. The molecule has 5 nitrogen and oxygen atoms in total. The number of allylic oxidation sites excluding steroid dienone is 1. The zero-order chi connectivity index (χ0) is 20.6. The van der Waals surface area contributed by atoms with Crippen LogP contribution in [0.15, 0.2) is 41.3 Å². The molecule has 0 fully saturated rings. The maximum absolute atomic E-state index is 12.3. The molecule has 1 aliphatic rings. The third kappa shape index (κ3) is 6.37. The van der Waals surface area contributed by atoms with Crippen LogP contribution in [0.5, 0.6) is 0 Å². The quantitative estimate of drug-likeness (QED) is 0.371. The van der Waals surface area contributed by atoms with Crippen molar-refractivity contribution in [2.45, 2.75) is 45.6 Å². The van der Waals surface area contributed by atoms with Gasteiger partial charge in [0.05, 0.1) is 5.69 Å². The van der Waals surface area contributed by atoms with Crippen molar-refractivity contribution in [2.75, 3.05) is 13.2 Å². The molecule has 0 aliphatic heterocycles. The van der Waals surface area contributed by atoms with E-state index in [2.05, 4.69) is 11.4 Å². The largest absolute Gasteiger partial charge is 0.454 e. The topological polar surface area (TPSA) is 60.3 Å². The highest BCUT2D eigenvalue weighted by molar-refractivity contribution is 7.73. The highest BCUT2D eigenvalue weighted by atomic mass is 32.1. The van der Waals surface area contributed by atoms with Crippen LogP contribution in [-0.4, -0.2) is 29.6 Å². The lowest BCUT2D eigenvalue weighted by Crippen LogP contribution is -2.30. The second-order valence-corrected chi connectivity index (χ2v) is 8.71. The molecule has 0 radical (unpaired) electrons. The second kappa shape index (κ2) is 10.5. The minimum atomic E-state index is -0.474. The molecular formula is C22H26N2O3S2. The number of ether oxygens (including phenoxy) is 1. The molecule has 29 heavy (non-hydrogen) atoms. The van der Waals surface area contributed by atoms with Crippen molar-refractivity contribution in [3.8, 4) is 11.3 Å². The number of nitrogens with zero attached hydrogens (tertiary/aromatic N) is 1. The minimum Gasteiger partial charge on any atom is -0.454 e. The summed E-state index contributed by atoms with van der Waals surface area (Å²) in [5, 5.41) is 4.75. The van der Waals surface area contributed by atoms with E-state index in [4.69, 9.17) is 17.0 Å². The fourth-order valence-electron chi connectivity index (χ4n) is 3.30. The smallest absolute Gasteiger partial charge is 0.326 e. The van der Waals surface area contributed by atoms with E-state index in [1.165, 1.54) is 35.3 Å². The van der Waals surface area contributed by atoms with E-state index in [-0.39, 0.29) is 19.1 Å². The third-order valence-corrected chi connectivity index (χ3v) is 6.21. The summed E-state index contributed by atoms with van der Waals surface area (Å²) in [5.74, 6) is -0.750. The lowest BCUT2D eigenvalue weighted by Gasteiger charge is -2.13. The van der Waals surface area contributed by atoms with Gasteiger partial charge in [0, 0.05) is 11.9 Å². The summed E-state index contributed by atoms with van der Waals surface area (Å²) in [5.41, 5.74) is 4.44.